The van der Waals surface area contributed by atoms with Crippen molar-refractivity contribution in [3.63, 3.8) is 0 Å². The molecule has 0 N–H and O–H groups in total. The Labute approximate surface area is 234 Å². The smallest absolute Gasteiger partial charge is 0.253 e. The molecule has 0 bridgehead atoms. The molecule has 1 fully saturated rings. The molecule has 3 aromatic rings. The molecule has 4 nitrogen and oxygen atoms in total. The summed E-state index contributed by atoms with van der Waals surface area (Å²) in [4.78, 5) is 17.5. The fourth-order valence-electron chi connectivity index (χ4n) is 5.83. The molecule has 0 saturated carbocycles. The zero-order valence-electron chi connectivity index (χ0n) is 21.9. The molecule has 0 radical (unpaired) electrons. The van der Waals surface area contributed by atoms with Crippen molar-refractivity contribution in [2.45, 2.75) is 37.5 Å². The van der Waals surface area contributed by atoms with Gasteiger partial charge in [-0.05, 0) is 93.8 Å². The molecule has 2 heterocycles. The van der Waals surface area contributed by atoms with Crippen LogP contribution in [0.3, 0.4) is 0 Å². The molecule has 5 rings (SSSR count). The van der Waals surface area contributed by atoms with Crippen LogP contribution >= 0.6 is 23.2 Å². The zero-order valence-corrected chi connectivity index (χ0v) is 23.4. The summed E-state index contributed by atoms with van der Waals surface area (Å²) in [5.74, 6) is 0.723. The largest absolute Gasteiger partial charge is 0.492 e. The summed E-state index contributed by atoms with van der Waals surface area (Å²) in [6, 6.07) is 18.3. The number of rotatable bonds is 7. The van der Waals surface area contributed by atoms with Gasteiger partial charge in [0.2, 0.25) is 0 Å². The number of hydrogen-bond donors (Lipinski definition) is 0. The van der Waals surface area contributed by atoms with Crippen LogP contribution in [0.15, 0.2) is 60.7 Å². The summed E-state index contributed by atoms with van der Waals surface area (Å²) in [6.45, 7) is 5.92. The first kappa shape index (κ1) is 27.0. The highest BCUT2D eigenvalue weighted by Gasteiger charge is 2.43. The Morgan fingerprint density at radius 2 is 1.87 bits per heavy atom. The molecule has 0 aromatic heterocycles. The molecule has 0 aliphatic carbocycles. The van der Waals surface area contributed by atoms with Gasteiger partial charge < -0.3 is 14.5 Å². The van der Waals surface area contributed by atoms with Gasteiger partial charge in [-0.25, -0.2) is 4.39 Å². The van der Waals surface area contributed by atoms with Gasteiger partial charge in [-0.2, -0.15) is 0 Å². The second-order valence-electron chi connectivity index (χ2n) is 10.8. The van der Waals surface area contributed by atoms with Crippen molar-refractivity contribution in [1.29, 1.82) is 0 Å². The molecule has 2 aliphatic rings. The number of likely N-dealkylation sites (tertiary alicyclic amines) is 1. The van der Waals surface area contributed by atoms with Gasteiger partial charge in [0.15, 0.2) is 0 Å². The van der Waals surface area contributed by atoms with Crippen LogP contribution in [0.1, 0.15) is 52.2 Å². The first-order valence-electron chi connectivity index (χ1n) is 13.2. The van der Waals surface area contributed by atoms with Crippen molar-refractivity contribution in [3.8, 4) is 5.75 Å². The number of piperidine rings is 1. The number of benzene rings is 3. The SMILES string of the molecule is Cc1cccc(C(=O)N(C)CC(CCN2CCC3(CC2)COc2ccc(F)cc23)c2ccc(Cl)c(Cl)c2)c1. The van der Waals surface area contributed by atoms with Gasteiger partial charge in [-0.3, -0.25) is 4.79 Å². The summed E-state index contributed by atoms with van der Waals surface area (Å²) in [7, 11) is 1.86. The quantitative estimate of drug-likeness (QED) is 0.312. The highest BCUT2D eigenvalue weighted by molar-refractivity contribution is 6.42. The van der Waals surface area contributed by atoms with Crippen LogP contribution in [0.2, 0.25) is 10.0 Å². The third kappa shape index (κ3) is 5.70. The minimum atomic E-state index is -0.204. The molecule has 38 heavy (non-hydrogen) atoms. The zero-order chi connectivity index (χ0) is 26.9. The van der Waals surface area contributed by atoms with Gasteiger partial charge in [0, 0.05) is 36.1 Å². The van der Waals surface area contributed by atoms with Gasteiger partial charge in [-0.15, -0.1) is 0 Å². The van der Waals surface area contributed by atoms with E-state index in [1.807, 2.05) is 56.4 Å². The van der Waals surface area contributed by atoms with Crippen LogP contribution in [0.25, 0.3) is 0 Å². The number of amides is 1. The molecular formula is C31H33Cl2FN2O2. The maximum Gasteiger partial charge on any atom is 0.253 e. The van der Waals surface area contributed by atoms with Crippen molar-refractivity contribution in [1.82, 2.24) is 9.80 Å². The molecular weight excluding hydrogens is 522 g/mol. The number of halogens is 3. The van der Waals surface area contributed by atoms with E-state index in [0.29, 0.717) is 28.8 Å². The number of aryl methyl sites for hydroxylation is 1. The Morgan fingerprint density at radius 3 is 2.61 bits per heavy atom. The predicted molar refractivity (Wildman–Crippen MR) is 151 cm³/mol. The van der Waals surface area contributed by atoms with Gasteiger partial charge >= 0.3 is 0 Å². The fraction of sp³-hybridized carbons (Fsp3) is 0.387. The summed E-state index contributed by atoms with van der Waals surface area (Å²) < 4.78 is 19.9. The normalized spacial score (nSPS) is 17.2. The highest BCUT2D eigenvalue weighted by Crippen LogP contribution is 2.45. The van der Waals surface area contributed by atoms with Crippen LogP contribution in [-0.4, -0.2) is 55.5 Å². The Bertz CT molecular complexity index is 1320. The lowest BCUT2D eigenvalue weighted by molar-refractivity contribution is 0.0779. The molecule has 200 valence electrons. The molecule has 1 amide bonds. The number of carbonyl (C=O) groups is 1. The maximum atomic E-state index is 14.0. The second-order valence-corrected chi connectivity index (χ2v) is 11.6. The Hall–Kier alpha value is -2.60. The van der Waals surface area contributed by atoms with E-state index < -0.39 is 0 Å². The monoisotopic (exact) mass is 554 g/mol. The van der Waals surface area contributed by atoms with E-state index >= 15 is 0 Å². The lowest BCUT2D eigenvalue weighted by Crippen LogP contribution is -2.44. The number of hydrogen-bond acceptors (Lipinski definition) is 3. The molecule has 1 atom stereocenters. The average Bonchev–Trinajstić information content (AvgIpc) is 3.25. The van der Waals surface area contributed by atoms with Crippen molar-refractivity contribution in [3.05, 3.63) is 98.8 Å². The van der Waals surface area contributed by atoms with E-state index in [4.69, 9.17) is 27.9 Å². The van der Waals surface area contributed by atoms with Crippen molar-refractivity contribution >= 4 is 29.1 Å². The van der Waals surface area contributed by atoms with Crippen LogP contribution in [0.4, 0.5) is 4.39 Å². The van der Waals surface area contributed by atoms with Gasteiger partial charge in [0.05, 0.1) is 16.7 Å². The second kappa shape index (κ2) is 11.3. The number of likely N-dealkylation sites (N-methyl/N-ethyl adjacent to an activating group) is 1. The summed E-state index contributed by atoms with van der Waals surface area (Å²) in [5, 5.41) is 1.05. The van der Waals surface area contributed by atoms with E-state index in [1.165, 1.54) is 6.07 Å². The van der Waals surface area contributed by atoms with Gasteiger partial charge in [0.25, 0.3) is 5.91 Å². The van der Waals surface area contributed by atoms with Gasteiger partial charge in [-0.1, -0.05) is 47.0 Å². The molecule has 7 heteroatoms. The van der Waals surface area contributed by atoms with Crippen molar-refractivity contribution in [2.75, 3.05) is 39.8 Å². The van der Waals surface area contributed by atoms with Crippen LogP contribution in [-0.2, 0) is 5.41 Å². The topological polar surface area (TPSA) is 32.8 Å². The van der Waals surface area contributed by atoms with Crippen molar-refractivity contribution in [2.24, 2.45) is 0 Å². The third-order valence-electron chi connectivity index (χ3n) is 8.14. The van der Waals surface area contributed by atoms with Crippen LogP contribution < -0.4 is 4.74 Å². The van der Waals surface area contributed by atoms with E-state index in [-0.39, 0.29) is 23.1 Å². The van der Waals surface area contributed by atoms with E-state index in [2.05, 4.69) is 4.90 Å². The minimum absolute atomic E-state index is 0.00538. The Morgan fingerprint density at radius 1 is 1.08 bits per heavy atom. The summed E-state index contributed by atoms with van der Waals surface area (Å²) in [6.07, 6.45) is 2.75. The Kier molecular flexibility index (Phi) is 7.99. The first-order valence-corrected chi connectivity index (χ1v) is 13.9. The molecule has 1 unspecified atom stereocenters. The molecule has 1 saturated heterocycles. The lowest BCUT2D eigenvalue weighted by Gasteiger charge is -2.39. The van der Waals surface area contributed by atoms with E-state index in [0.717, 1.165) is 61.3 Å². The summed E-state index contributed by atoms with van der Waals surface area (Å²) in [5.41, 5.74) is 3.74. The number of ether oxygens (including phenoxy) is 1. The highest BCUT2D eigenvalue weighted by atomic mass is 35.5. The minimum Gasteiger partial charge on any atom is -0.492 e. The van der Waals surface area contributed by atoms with E-state index in [1.54, 1.807) is 17.0 Å². The molecule has 1 spiro atoms. The third-order valence-corrected chi connectivity index (χ3v) is 8.88. The standard InChI is InChI=1S/C31H33Cl2FN2O2/c1-21-4-3-5-23(16-21)30(37)35(2)19-24(22-6-8-27(32)28(33)17-22)10-13-36-14-11-31(12-15-36)20-38-29-9-7-25(34)18-26(29)31/h3-9,16-18,24H,10-15,19-20H2,1-2H3. The fourth-order valence-corrected chi connectivity index (χ4v) is 6.14. The molecule has 3 aromatic carbocycles. The number of fused-ring (bicyclic) bond motifs is 2. The first-order chi connectivity index (χ1) is 18.2. The lowest BCUT2D eigenvalue weighted by atomic mass is 9.74. The predicted octanol–water partition coefficient (Wildman–Crippen LogP) is 7.11. The van der Waals surface area contributed by atoms with E-state index in [9.17, 15) is 9.18 Å². The maximum absolute atomic E-state index is 14.0. The van der Waals surface area contributed by atoms with Crippen molar-refractivity contribution < 1.29 is 13.9 Å². The Balaban J connectivity index is 1.26. The van der Waals surface area contributed by atoms with Crippen LogP contribution in [0.5, 0.6) is 5.75 Å². The molecule has 2 aliphatic heterocycles. The number of nitrogens with zero attached hydrogens (tertiary/aromatic N) is 2. The summed E-state index contributed by atoms with van der Waals surface area (Å²) >= 11 is 12.6. The number of carbonyl (C=O) groups excluding carboxylic acids is 1. The average molecular weight is 556 g/mol. The van der Waals surface area contributed by atoms with Gasteiger partial charge in [0.1, 0.15) is 11.6 Å². The van der Waals surface area contributed by atoms with Crippen LogP contribution in [0, 0.1) is 12.7 Å².